The molecule has 0 spiro atoms. The molecule has 3 aromatic rings. The van der Waals surface area contributed by atoms with E-state index >= 15 is 0 Å². The van der Waals surface area contributed by atoms with Crippen molar-refractivity contribution in [3.8, 4) is 22.3 Å². The fourth-order valence-corrected chi connectivity index (χ4v) is 3.71. The van der Waals surface area contributed by atoms with Gasteiger partial charge in [-0.25, -0.2) is 0 Å². The predicted octanol–water partition coefficient (Wildman–Crippen LogP) is 7.30. The van der Waals surface area contributed by atoms with E-state index in [1.807, 2.05) is 30.3 Å². The Morgan fingerprint density at radius 3 is 1.69 bits per heavy atom. The Balaban J connectivity index is 1.40. The maximum Gasteiger partial charge on any atom is 0.183 e. The van der Waals surface area contributed by atoms with Crippen LogP contribution in [0.25, 0.3) is 22.3 Å². The molecule has 0 saturated carbocycles. The highest BCUT2D eigenvalue weighted by atomic mass is 35.5. The molecule has 0 atom stereocenters. The second-order valence-electron chi connectivity index (χ2n) is 7.44. The Bertz CT molecular complexity index is 922. The highest BCUT2D eigenvalue weighted by Gasteiger charge is 2.23. The fourth-order valence-electron chi connectivity index (χ4n) is 3.59. The first-order chi connectivity index (χ1) is 14.2. The molecule has 3 aromatic carbocycles. The Kier molecular flexibility index (Phi) is 6.46. The average molecular weight is 405 g/mol. The van der Waals surface area contributed by atoms with Crippen LogP contribution in [0.5, 0.6) is 0 Å². The van der Waals surface area contributed by atoms with Gasteiger partial charge in [0, 0.05) is 16.5 Å². The van der Waals surface area contributed by atoms with Gasteiger partial charge in [0.2, 0.25) is 0 Å². The van der Waals surface area contributed by atoms with Crippen LogP contribution < -0.4 is 0 Å². The molecule has 148 valence electrons. The lowest BCUT2D eigenvalue weighted by atomic mass is 9.99. The molecule has 0 aliphatic carbocycles. The quantitative estimate of drug-likeness (QED) is 0.401. The minimum atomic E-state index is -0.267. The number of rotatable bonds is 6. The van der Waals surface area contributed by atoms with E-state index in [0.717, 1.165) is 42.2 Å². The summed E-state index contributed by atoms with van der Waals surface area (Å²) in [5.74, 6) is 0.461. The molecule has 0 unspecified atom stereocenters. The molecule has 1 fully saturated rings. The number of hydrogen-bond acceptors (Lipinski definition) is 2. The summed E-state index contributed by atoms with van der Waals surface area (Å²) >= 11 is 5.98. The number of benzene rings is 3. The van der Waals surface area contributed by atoms with Gasteiger partial charge in [0.25, 0.3) is 0 Å². The van der Waals surface area contributed by atoms with Gasteiger partial charge in [-0.05, 0) is 47.2 Å². The van der Waals surface area contributed by atoms with Crippen LogP contribution in [0, 0.1) is 5.92 Å². The Morgan fingerprint density at radius 2 is 1.21 bits per heavy atom. The molecule has 1 saturated heterocycles. The van der Waals surface area contributed by atoms with Crippen LogP contribution in [0.3, 0.4) is 0 Å². The summed E-state index contributed by atoms with van der Waals surface area (Å²) < 4.78 is 11.9. The third-order valence-corrected chi connectivity index (χ3v) is 5.58. The molecule has 0 N–H and O–H groups in total. The highest BCUT2D eigenvalue weighted by molar-refractivity contribution is 6.30. The van der Waals surface area contributed by atoms with Crippen LogP contribution in [0.15, 0.2) is 85.5 Å². The zero-order valence-electron chi connectivity index (χ0n) is 16.4. The second kappa shape index (κ2) is 9.41. The van der Waals surface area contributed by atoms with Crippen LogP contribution in [0.1, 0.15) is 24.7 Å². The third kappa shape index (κ3) is 4.97. The van der Waals surface area contributed by atoms with Gasteiger partial charge in [0.1, 0.15) is 0 Å². The van der Waals surface area contributed by atoms with Gasteiger partial charge in [-0.1, -0.05) is 78.3 Å². The molecule has 0 amide bonds. The summed E-state index contributed by atoms with van der Waals surface area (Å²) in [6, 6.07) is 24.9. The fraction of sp³-hybridized carbons (Fsp3) is 0.231. The number of allylic oxidation sites excluding steroid dienone is 1. The zero-order valence-corrected chi connectivity index (χ0v) is 17.1. The molecule has 3 heteroatoms. The van der Waals surface area contributed by atoms with Gasteiger partial charge >= 0.3 is 0 Å². The molecule has 1 aliphatic rings. The Morgan fingerprint density at radius 1 is 0.759 bits per heavy atom. The van der Waals surface area contributed by atoms with Crippen molar-refractivity contribution in [1.29, 1.82) is 0 Å². The van der Waals surface area contributed by atoms with Crippen LogP contribution in [0.2, 0.25) is 5.02 Å². The molecule has 0 aromatic heterocycles. The van der Waals surface area contributed by atoms with E-state index in [-0.39, 0.29) is 6.29 Å². The predicted molar refractivity (Wildman–Crippen MR) is 120 cm³/mol. The van der Waals surface area contributed by atoms with E-state index in [2.05, 4.69) is 55.1 Å². The first-order valence-corrected chi connectivity index (χ1v) is 10.4. The molecule has 1 heterocycles. The van der Waals surface area contributed by atoms with Crippen molar-refractivity contribution in [3.05, 3.63) is 96.0 Å². The van der Waals surface area contributed by atoms with Crippen molar-refractivity contribution in [2.75, 3.05) is 13.2 Å². The van der Waals surface area contributed by atoms with Crippen LogP contribution in [-0.2, 0) is 9.47 Å². The van der Waals surface area contributed by atoms with Crippen molar-refractivity contribution in [1.82, 2.24) is 0 Å². The number of ether oxygens (including phenoxy) is 2. The van der Waals surface area contributed by atoms with Crippen molar-refractivity contribution < 1.29 is 9.47 Å². The summed E-state index contributed by atoms with van der Waals surface area (Å²) in [6.07, 6.45) is 3.76. The summed E-state index contributed by atoms with van der Waals surface area (Å²) in [4.78, 5) is 0. The van der Waals surface area contributed by atoms with Crippen molar-refractivity contribution in [2.24, 2.45) is 5.92 Å². The first kappa shape index (κ1) is 19.9. The minimum Gasteiger partial charge on any atom is -0.348 e. The lowest BCUT2D eigenvalue weighted by Crippen LogP contribution is -2.26. The molecule has 29 heavy (non-hydrogen) atoms. The second-order valence-corrected chi connectivity index (χ2v) is 7.87. The maximum absolute atomic E-state index is 5.98. The SMILES string of the molecule is C=CCCC1COC(c2ccc(-c3ccc(-c4ccc(Cl)cc4)cc3)cc2)OC1. The summed E-state index contributed by atoms with van der Waals surface area (Å²) in [7, 11) is 0. The van der Waals surface area contributed by atoms with Gasteiger partial charge in [0.05, 0.1) is 13.2 Å². The molecule has 1 aliphatic heterocycles. The first-order valence-electron chi connectivity index (χ1n) is 10.0. The minimum absolute atomic E-state index is 0.267. The van der Waals surface area contributed by atoms with Crippen LogP contribution in [-0.4, -0.2) is 13.2 Å². The van der Waals surface area contributed by atoms with Crippen molar-refractivity contribution >= 4 is 11.6 Å². The smallest absolute Gasteiger partial charge is 0.183 e. The van der Waals surface area contributed by atoms with E-state index in [4.69, 9.17) is 21.1 Å². The third-order valence-electron chi connectivity index (χ3n) is 5.32. The highest BCUT2D eigenvalue weighted by Crippen LogP contribution is 2.30. The lowest BCUT2D eigenvalue weighted by Gasteiger charge is -2.29. The van der Waals surface area contributed by atoms with E-state index in [1.165, 1.54) is 16.7 Å². The van der Waals surface area contributed by atoms with Gasteiger partial charge in [-0.2, -0.15) is 0 Å². The summed E-state index contributed by atoms with van der Waals surface area (Å²) in [5.41, 5.74) is 5.76. The maximum atomic E-state index is 5.98. The van der Waals surface area contributed by atoms with Gasteiger partial charge in [-0.3, -0.25) is 0 Å². The Hall–Kier alpha value is -2.39. The topological polar surface area (TPSA) is 18.5 Å². The van der Waals surface area contributed by atoms with Gasteiger partial charge in [-0.15, -0.1) is 6.58 Å². The number of hydrogen-bond donors (Lipinski definition) is 0. The molecular weight excluding hydrogens is 380 g/mol. The monoisotopic (exact) mass is 404 g/mol. The van der Waals surface area contributed by atoms with E-state index in [1.54, 1.807) is 0 Å². The van der Waals surface area contributed by atoms with Gasteiger partial charge < -0.3 is 9.47 Å². The van der Waals surface area contributed by atoms with Crippen molar-refractivity contribution in [2.45, 2.75) is 19.1 Å². The van der Waals surface area contributed by atoms with Crippen molar-refractivity contribution in [3.63, 3.8) is 0 Å². The zero-order chi connectivity index (χ0) is 20.1. The standard InChI is InChI=1S/C26H25ClO2/c1-2-3-4-19-17-28-26(29-18-19)24-11-9-22(10-12-24)20-5-7-21(8-6-20)23-13-15-25(27)16-14-23/h2,5-16,19,26H,1,3-4,17-18H2. The molecule has 0 bridgehead atoms. The largest absolute Gasteiger partial charge is 0.348 e. The average Bonchev–Trinajstić information content (AvgIpc) is 2.79. The van der Waals surface area contributed by atoms with E-state index in [9.17, 15) is 0 Å². The summed E-state index contributed by atoms with van der Waals surface area (Å²) in [5, 5.41) is 0.753. The molecule has 0 radical (unpaired) electrons. The molecule has 2 nitrogen and oxygen atoms in total. The van der Waals surface area contributed by atoms with E-state index < -0.39 is 0 Å². The lowest BCUT2D eigenvalue weighted by molar-refractivity contribution is -0.205. The number of halogens is 1. The summed E-state index contributed by atoms with van der Waals surface area (Å²) in [6.45, 7) is 5.26. The molecular formula is C26H25ClO2. The van der Waals surface area contributed by atoms with Gasteiger partial charge in [0.15, 0.2) is 6.29 Å². The molecule has 4 rings (SSSR count). The normalized spacial score (nSPS) is 19.1. The Labute approximate surface area is 177 Å². The van der Waals surface area contributed by atoms with E-state index in [0.29, 0.717) is 5.92 Å². The van der Waals surface area contributed by atoms with Crippen LogP contribution in [0.4, 0.5) is 0 Å². The van der Waals surface area contributed by atoms with Crippen LogP contribution >= 0.6 is 11.6 Å².